The molecule has 1 amide bonds. The van der Waals surface area contributed by atoms with Crippen LogP contribution >= 0.6 is 0 Å². The highest BCUT2D eigenvalue weighted by atomic mass is 16.2. The summed E-state index contributed by atoms with van der Waals surface area (Å²) in [7, 11) is 0. The van der Waals surface area contributed by atoms with Crippen LogP contribution in [0.3, 0.4) is 0 Å². The van der Waals surface area contributed by atoms with Crippen molar-refractivity contribution in [3.05, 3.63) is 65.7 Å². The summed E-state index contributed by atoms with van der Waals surface area (Å²) >= 11 is 0. The van der Waals surface area contributed by atoms with Crippen molar-refractivity contribution in [2.75, 3.05) is 5.32 Å². The molecule has 22 heavy (non-hydrogen) atoms. The summed E-state index contributed by atoms with van der Waals surface area (Å²) in [6, 6.07) is 18.3. The van der Waals surface area contributed by atoms with E-state index in [9.17, 15) is 4.79 Å². The third-order valence-electron chi connectivity index (χ3n) is 4.52. The normalized spacial score (nSPS) is 16.1. The van der Waals surface area contributed by atoms with Gasteiger partial charge in [0.2, 0.25) is 5.91 Å². The highest BCUT2D eigenvalue weighted by molar-refractivity contribution is 6.01. The minimum atomic E-state index is -0.316. The van der Waals surface area contributed by atoms with Gasteiger partial charge in [0.05, 0.1) is 5.41 Å². The van der Waals surface area contributed by atoms with Gasteiger partial charge < -0.3 is 5.32 Å². The first kappa shape index (κ1) is 14.8. The molecular formula is C20H23NO. The quantitative estimate of drug-likeness (QED) is 0.876. The van der Waals surface area contributed by atoms with Crippen LogP contribution in [0.4, 0.5) is 5.69 Å². The zero-order valence-electron chi connectivity index (χ0n) is 13.5. The molecule has 1 N–H and O–H groups in total. The van der Waals surface area contributed by atoms with Crippen LogP contribution in [0.15, 0.2) is 54.6 Å². The minimum Gasteiger partial charge on any atom is -0.325 e. The molecule has 0 heterocycles. The number of rotatable bonds is 3. The van der Waals surface area contributed by atoms with Gasteiger partial charge in [0.25, 0.3) is 0 Å². The van der Waals surface area contributed by atoms with Crippen molar-refractivity contribution < 1.29 is 4.79 Å². The summed E-state index contributed by atoms with van der Waals surface area (Å²) in [4.78, 5) is 12.7. The summed E-state index contributed by atoms with van der Waals surface area (Å²) in [5.74, 6) is 0.113. The molecule has 1 aliphatic rings. The van der Waals surface area contributed by atoms with E-state index in [0.717, 1.165) is 24.1 Å². The fourth-order valence-electron chi connectivity index (χ4n) is 2.83. The van der Waals surface area contributed by atoms with Crippen molar-refractivity contribution in [3.8, 4) is 0 Å². The van der Waals surface area contributed by atoms with Crippen LogP contribution in [0.25, 0.3) is 0 Å². The first-order valence-corrected chi connectivity index (χ1v) is 7.89. The van der Waals surface area contributed by atoms with Crippen molar-refractivity contribution in [1.82, 2.24) is 0 Å². The molecule has 114 valence electrons. The van der Waals surface area contributed by atoms with E-state index in [4.69, 9.17) is 0 Å². The van der Waals surface area contributed by atoms with Gasteiger partial charge in [-0.1, -0.05) is 63.2 Å². The summed E-state index contributed by atoms with van der Waals surface area (Å²) in [5.41, 5.74) is 3.09. The third kappa shape index (κ3) is 2.78. The van der Waals surface area contributed by atoms with Gasteiger partial charge in [0, 0.05) is 5.69 Å². The average molecular weight is 293 g/mol. The van der Waals surface area contributed by atoms with Crippen LogP contribution in [-0.4, -0.2) is 5.91 Å². The molecular weight excluding hydrogens is 270 g/mol. The van der Waals surface area contributed by atoms with Crippen LogP contribution in [0.2, 0.25) is 0 Å². The molecule has 0 saturated heterocycles. The lowest BCUT2D eigenvalue weighted by molar-refractivity contribution is -0.118. The molecule has 2 aromatic carbocycles. The predicted molar refractivity (Wildman–Crippen MR) is 91.1 cm³/mol. The lowest BCUT2D eigenvalue weighted by Gasteiger charge is -2.20. The van der Waals surface area contributed by atoms with E-state index >= 15 is 0 Å². The number of anilines is 1. The number of hydrogen-bond donors (Lipinski definition) is 1. The Morgan fingerprint density at radius 3 is 2.05 bits per heavy atom. The van der Waals surface area contributed by atoms with E-state index in [0.29, 0.717) is 0 Å². The third-order valence-corrected chi connectivity index (χ3v) is 4.52. The average Bonchev–Trinajstić information content (AvgIpc) is 3.29. The maximum Gasteiger partial charge on any atom is 0.235 e. The zero-order chi connectivity index (χ0) is 15.8. The van der Waals surface area contributed by atoms with Crippen molar-refractivity contribution in [3.63, 3.8) is 0 Å². The Morgan fingerprint density at radius 1 is 0.955 bits per heavy atom. The molecule has 0 aromatic heterocycles. The second kappa shape index (κ2) is 5.28. The van der Waals surface area contributed by atoms with Gasteiger partial charge in [-0.05, 0) is 41.5 Å². The minimum absolute atomic E-state index is 0.113. The maximum absolute atomic E-state index is 12.7. The van der Waals surface area contributed by atoms with Crippen molar-refractivity contribution >= 4 is 11.6 Å². The lowest BCUT2D eigenvalue weighted by Crippen LogP contribution is -2.27. The van der Waals surface area contributed by atoms with Gasteiger partial charge in [-0.25, -0.2) is 0 Å². The molecule has 1 saturated carbocycles. The van der Waals surface area contributed by atoms with Crippen LogP contribution in [0.1, 0.15) is 44.7 Å². The van der Waals surface area contributed by atoms with Gasteiger partial charge in [0.15, 0.2) is 0 Å². The molecule has 0 unspecified atom stereocenters. The Hall–Kier alpha value is -2.09. The van der Waals surface area contributed by atoms with Crippen molar-refractivity contribution in [2.45, 2.75) is 44.4 Å². The van der Waals surface area contributed by atoms with Crippen LogP contribution < -0.4 is 5.32 Å². The first-order valence-electron chi connectivity index (χ1n) is 7.89. The largest absolute Gasteiger partial charge is 0.325 e. The topological polar surface area (TPSA) is 29.1 Å². The van der Waals surface area contributed by atoms with Gasteiger partial charge in [-0.2, -0.15) is 0 Å². The van der Waals surface area contributed by atoms with Gasteiger partial charge in [-0.15, -0.1) is 0 Å². The molecule has 1 fully saturated rings. The van der Waals surface area contributed by atoms with Crippen LogP contribution in [-0.2, 0) is 15.6 Å². The number of carbonyl (C=O) groups is 1. The summed E-state index contributed by atoms with van der Waals surface area (Å²) in [6.07, 6.45) is 1.87. The second-order valence-corrected chi connectivity index (χ2v) is 7.23. The van der Waals surface area contributed by atoms with Crippen molar-refractivity contribution in [2.24, 2.45) is 0 Å². The molecule has 0 bridgehead atoms. The predicted octanol–water partition coefficient (Wildman–Crippen LogP) is 4.65. The van der Waals surface area contributed by atoms with Gasteiger partial charge >= 0.3 is 0 Å². The number of amides is 1. The number of nitrogens with one attached hydrogen (secondary N) is 1. The Morgan fingerprint density at radius 2 is 1.55 bits per heavy atom. The summed E-state index contributed by atoms with van der Waals surface area (Å²) in [6.45, 7) is 6.57. The maximum atomic E-state index is 12.7. The molecule has 2 heteroatoms. The fourth-order valence-corrected chi connectivity index (χ4v) is 2.83. The van der Waals surface area contributed by atoms with Crippen molar-refractivity contribution in [1.29, 1.82) is 0 Å². The Kier molecular flexibility index (Phi) is 3.56. The Balaban J connectivity index is 1.75. The van der Waals surface area contributed by atoms with E-state index in [1.165, 1.54) is 5.56 Å². The molecule has 0 spiro atoms. The van der Waals surface area contributed by atoms with Crippen LogP contribution in [0.5, 0.6) is 0 Å². The SMILES string of the molecule is CC(C)(C)c1ccc(NC(=O)C2(c3ccccc3)CC2)cc1. The van der Waals surface area contributed by atoms with Gasteiger partial charge in [0.1, 0.15) is 0 Å². The molecule has 2 nitrogen and oxygen atoms in total. The summed E-state index contributed by atoms with van der Waals surface area (Å²) in [5, 5.41) is 3.08. The molecule has 0 atom stereocenters. The number of carbonyl (C=O) groups excluding carboxylic acids is 1. The first-order chi connectivity index (χ1) is 10.4. The smallest absolute Gasteiger partial charge is 0.235 e. The van der Waals surface area contributed by atoms with E-state index < -0.39 is 0 Å². The van der Waals surface area contributed by atoms with E-state index in [1.54, 1.807) is 0 Å². The van der Waals surface area contributed by atoms with E-state index in [-0.39, 0.29) is 16.7 Å². The monoisotopic (exact) mass is 293 g/mol. The van der Waals surface area contributed by atoms with E-state index in [2.05, 4.69) is 50.4 Å². The zero-order valence-corrected chi connectivity index (χ0v) is 13.5. The Labute approximate surface area is 132 Å². The lowest BCUT2D eigenvalue weighted by atomic mass is 9.87. The number of hydrogen-bond acceptors (Lipinski definition) is 1. The van der Waals surface area contributed by atoms with E-state index in [1.807, 2.05) is 30.3 Å². The molecule has 2 aromatic rings. The molecule has 0 radical (unpaired) electrons. The fraction of sp³-hybridized carbons (Fsp3) is 0.350. The molecule has 1 aliphatic carbocycles. The molecule has 3 rings (SSSR count). The molecule has 0 aliphatic heterocycles. The highest BCUT2D eigenvalue weighted by Gasteiger charge is 2.51. The van der Waals surface area contributed by atoms with Crippen LogP contribution in [0, 0.1) is 0 Å². The standard InChI is InChI=1S/C20H23NO/c1-19(2,3)15-9-11-17(12-10-15)21-18(22)20(13-14-20)16-7-5-4-6-8-16/h4-12H,13-14H2,1-3H3,(H,21,22). The highest BCUT2D eigenvalue weighted by Crippen LogP contribution is 2.48. The summed E-state index contributed by atoms with van der Waals surface area (Å²) < 4.78 is 0. The second-order valence-electron chi connectivity index (χ2n) is 7.23. The Bertz CT molecular complexity index is 661. The number of benzene rings is 2. The van der Waals surface area contributed by atoms with Gasteiger partial charge in [-0.3, -0.25) is 4.79 Å².